The average molecular weight is 316 g/mol. The van der Waals surface area contributed by atoms with Gasteiger partial charge in [0.05, 0.1) is 11.2 Å². The minimum Gasteiger partial charge on any atom is -0.399 e. The fourth-order valence-electron chi connectivity index (χ4n) is 2.11. The van der Waals surface area contributed by atoms with Gasteiger partial charge >= 0.3 is 13.3 Å². The van der Waals surface area contributed by atoms with E-state index in [9.17, 15) is 18.3 Å². The van der Waals surface area contributed by atoms with E-state index in [1.807, 2.05) is 27.7 Å². The summed E-state index contributed by atoms with van der Waals surface area (Å²) in [5.74, 6) is 0. The molecule has 1 unspecified atom stereocenters. The molecule has 0 bridgehead atoms. The van der Waals surface area contributed by atoms with Crippen molar-refractivity contribution in [3.8, 4) is 0 Å². The van der Waals surface area contributed by atoms with Crippen molar-refractivity contribution in [3.63, 3.8) is 0 Å². The van der Waals surface area contributed by atoms with Gasteiger partial charge in [0.1, 0.15) is 0 Å². The highest BCUT2D eigenvalue weighted by Gasteiger charge is 2.53. The van der Waals surface area contributed by atoms with Crippen LogP contribution in [-0.2, 0) is 14.9 Å². The molecular formula is C15H20BF3O3. The maximum absolute atomic E-state index is 12.8. The van der Waals surface area contributed by atoms with E-state index in [1.165, 1.54) is 24.3 Å². The molecule has 1 aromatic carbocycles. The van der Waals surface area contributed by atoms with Gasteiger partial charge in [-0.25, -0.2) is 0 Å². The minimum atomic E-state index is -4.74. The molecule has 3 nitrogen and oxygen atoms in total. The third-order valence-corrected chi connectivity index (χ3v) is 4.55. The Balaban J connectivity index is 2.25. The summed E-state index contributed by atoms with van der Waals surface area (Å²) in [7, 11) is -0.644. The minimum absolute atomic E-state index is 0.222. The van der Waals surface area contributed by atoms with E-state index in [-0.39, 0.29) is 5.56 Å². The van der Waals surface area contributed by atoms with E-state index in [1.54, 1.807) is 0 Å². The summed E-state index contributed by atoms with van der Waals surface area (Å²) in [4.78, 5) is 0. The fraction of sp³-hybridized carbons (Fsp3) is 0.600. The summed E-state index contributed by atoms with van der Waals surface area (Å²) in [6, 6.07) is 5.46. The first-order chi connectivity index (χ1) is 9.78. The second-order valence-electron chi connectivity index (χ2n) is 6.78. The molecule has 1 aromatic rings. The van der Waals surface area contributed by atoms with Crippen LogP contribution in [0.25, 0.3) is 0 Å². The summed E-state index contributed by atoms with van der Waals surface area (Å²) in [5.41, 5.74) is -3.54. The van der Waals surface area contributed by atoms with Crippen molar-refractivity contribution in [2.24, 2.45) is 0 Å². The van der Waals surface area contributed by atoms with Crippen molar-refractivity contribution in [3.05, 3.63) is 29.8 Å². The van der Waals surface area contributed by atoms with Gasteiger partial charge in [-0.1, -0.05) is 24.3 Å². The first-order valence-corrected chi connectivity index (χ1v) is 7.03. The van der Waals surface area contributed by atoms with Crippen LogP contribution in [0.2, 0.25) is 0 Å². The van der Waals surface area contributed by atoms with E-state index >= 15 is 0 Å². The van der Waals surface area contributed by atoms with Gasteiger partial charge in [0, 0.05) is 0 Å². The van der Waals surface area contributed by atoms with Crippen LogP contribution in [0, 0.1) is 0 Å². The molecule has 0 aromatic heterocycles. The Bertz CT molecular complexity index is 534. The second-order valence-corrected chi connectivity index (χ2v) is 6.78. The van der Waals surface area contributed by atoms with Gasteiger partial charge in [-0.05, 0) is 45.6 Å². The summed E-state index contributed by atoms with van der Waals surface area (Å²) >= 11 is 0. The highest BCUT2D eigenvalue weighted by molar-refractivity contribution is 6.62. The SMILES string of the molecule is CC1(C)OB(c2ccc(C(C)(O)C(F)(F)F)cc2)OC1(C)C. The molecule has 1 aliphatic rings. The van der Waals surface area contributed by atoms with Gasteiger partial charge in [0.2, 0.25) is 0 Å². The Morgan fingerprint density at radius 1 is 0.955 bits per heavy atom. The molecule has 1 aliphatic heterocycles. The molecule has 0 radical (unpaired) electrons. The zero-order valence-corrected chi connectivity index (χ0v) is 13.3. The molecular weight excluding hydrogens is 296 g/mol. The third kappa shape index (κ3) is 2.77. The van der Waals surface area contributed by atoms with Crippen molar-refractivity contribution in [2.45, 2.75) is 57.6 Å². The van der Waals surface area contributed by atoms with Gasteiger partial charge < -0.3 is 14.4 Å². The lowest BCUT2D eigenvalue weighted by molar-refractivity contribution is -0.258. The molecule has 1 N–H and O–H groups in total. The molecule has 1 fully saturated rings. The van der Waals surface area contributed by atoms with E-state index in [0.717, 1.165) is 6.92 Å². The normalized spacial score (nSPS) is 23.4. The highest BCUT2D eigenvalue weighted by atomic mass is 19.4. The summed E-state index contributed by atoms with van der Waals surface area (Å²) < 4.78 is 50.1. The van der Waals surface area contributed by atoms with Crippen LogP contribution in [0.5, 0.6) is 0 Å². The number of aliphatic hydroxyl groups is 1. The smallest absolute Gasteiger partial charge is 0.399 e. The highest BCUT2D eigenvalue weighted by Crippen LogP contribution is 2.39. The van der Waals surface area contributed by atoms with E-state index in [0.29, 0.717) is 5.46 Å². The Morgan fingerprint density at radius 2 is 1.36 bits per heavy atom. The maximum atomic E-state index is 12.8. The molecule has 1 atom stereocenters. The Kier molecular flexibility index (Phi) is 3.92. The van der Waals surface area contributed by atoms with Crippen LogP contribution in [0.15, 0.2) is 24.3 Å². The summed E-state index contributed by atoms with van der Waals surface area (Å²) in [6.07, 6.45) is -4.74. The van der Waals surface area contributed by atoms with Crippen LogP contribution >= 0.6 is 0 Å². The standard InChI is InChI=1S/C15H20BF3O3/c1-12(2)13(3,4)22-16(21-12)11-8-6-10(7-9-11)14(5,20)15(17,18)19/h6-9,20H,1-5H3. The third-order valence-electron chi connectivity index (χ3n) is 4.55. The molecule has 22 heavy (non-hydrogen) atoms. The maximum Gasteiger partial charge on any atom is 0.494 e. The van der Waals surface area contributed by atoms with Gasteiger partial charge in [0.15, 0.2) is 5.60 Å². The molecule has 1 saturated heterocycles. The molecule has 0 aliphatic carbocycles. The lowest BCUT2D eigenvalue weighted by Crippen LogP contribution is -2.41. The van der Waals surface area contributed by atoms with Crippen LogP contribution < -0.4 is 5.46 Å². The van der Waals surface area contributed by atoms with E-state index in [2.05, 4.69) is 0 Å². The number of halogens is 3. The molecule has 7 heteroatoms. The van der Waals surface area contributed by atoms with Crippen molar-refractivity contribution >= 4 is 12.6 Å². The van der Waals surface area contributed by atoms with Gasteiger partial charge in [-0.2, -0.15) is 13.2 Å². The molecule has 122 valence electrons. The summed E-state index contributed by atoms with van der Waals surface area (Å²) in [6.45, 7) is 8.33. The first kappa shape index (κ1) is 17.3. The van der Waals surface area contributed by atoms with Crippen molar-refractivity contribution in [2.75, 3.05) is 0 Å². The van der Waals surface area contributed by atoms with Crippen LogP contribution in [0.1, 0.15) is 40.2 Å². The van der Waals surface area contributed by atoms with Crippen molar-refractivity contribution in [1.82, 2.24) is 0 Å². The second kappa shape index (κ2) is 4.98. The largest absolute Gasteiger partial charge is 0.494 e. The number of rotatable bonds is 2. The van der Waals surface area contributed by atoms with E-state index < -0.39 is 30.1 Å². The summed E-state index contributed by atoms with van der Waals surface area (Å²) in [5, 5.41) is 9.66. The lowest BCUT2D eigenvalue weighted by Gasteiger charge is -2.32. The average Bonchev–Trinajstić information content (AvgIpc) is 2.57. The number of hydrogen-bond donors (Lipinski definition) is 1. The van der Waals surface area contributed by atoms with Crippen molar-refractivity contribution in [1.29, 1.82) is 0 Å². The van der Waals surface area contributed by atoms with Crippen molar-refractivity contribution < 1.29 is 27.6 Å². The molecule has 2 rings (SSSR count). The molecule has 0 amide bonds. The molecule has 0 spiro atoms. The zero-order valence-electron chi connectivity index (χ0n) is 13.3. The fourth-order valence-corrected chi connectivity index (χ4v) is 2.11. The van der Waals surface area contributed by atoms with Crippen LogP contribution in [0.3, 0.4) is 0 Å². The number of hydrogen-bond acceptors (Lipinski definition) is 3. The Hall–Kier alpha value is -1.05. The van der Waals surface area contributed by atoms with Gasteiger partial charge in [0.25, 0.3) is 0 Å². The Labute approximate surface area is 128 Å². The quantitative estimate of drug-likeness (QED) is 0.853. The topological polar surface area (TPSA) is 38.7 Å². The van der Waals surface area contributed by atoms with Crippen LogP contribution in [-0.4, -0.2) is 29.6 Å². The van der Waals surface area contributed by atoms with Gasteiger partial charge in [-0.3, -0.25) is 0 Å². The number of benzene rings is 1. The van der Waals surface area contributed by atoms with Crippen LogP contribution in [0.4, 0.5) is 13.2 Å². The predicted molar refractivity (Wildman–Crippen MR) is 77.8 cm³/mol. The molecule has 1 heterocycles. The zero-order chi connectivity index (χ0) is 17.0. The lowest BCUT2D eigenvalue weighted by atomic mass is 9.78. The Morgan fingerprint density at radius 3 is 1.73 bits per heavy atom. The van der Waals surface area contributed by atoms with Gasteiger partial charge in [-0.15, -0.1) is 0 Å². The first-order valence-electron chi connectivity index (χ1n) is 7.03. The predicted octanol–water partition coefficient (Wildman–Crippen LogP) is 2.76. The van der Waals surface area contributed by atoms with E-state index in [4.69, 9.17) is 9.31 Å². The number of alkyl halides is 3. The monoisotopic (exact) mass is 316 g/mol. The molecule has 0 saturated carbocycles.